The largest absolute Gasteiger partial charge is 0.465 e. The molecule has 7 nitrogen and oxygen atoms in total. The first-order valence-corrected chi connectivity index (χ1v) is 10.6. The predicted molar refractivity (Wildman–Crippen MR) is 110 cm³/mol. The van der Waals surface area contributed by atoms with E-state index in [1.54, 1.807) is 19.1 Å². The zero-order valence-corrected chi connectivity index (χ0v) is 17.7. The lowest BCUT2D eigenvalue weighted by Gasteiger charge is -2.23. The van der Waals surface area contributed by atoms with Crippen LogP contribution in [0, 0.1) is 6.92 Å². The van der Waals surface area contributed by atoms with E-state index in [4.69, 9.17) is 23.2 Å². The van der Waals surface area contributed by atoms with Gasteiger partial charge in [-0.3, -0.25) is 9.10 Å². The number of carbonyl (C=O) groups excluding carboxylic acids is 2. The Labute approximate surface area is 173 Å². The number of methoxy groups -OCH3 is 1. The van der Waals surface area contributed by atoms with Gasteiger partial charge in [-0.05, 0) is 36.8 Å². The molecular formula is C18H18Cl2N2O5S. The quantitative estimate of drug-likeness (QED) is 0.688. The smallest absolute Gasteiger partial charge is 0.337 e. The molecule has 2 rings (SSSR count). The summed E-state index contributed by atoms with van der Waals surface area (Å²) in [6.07, 6.45) is 0.959. The van der Waals surface area contributed by atoms with Crippen molar-refractivity contribution in [1.82, 2.24) is 0 Å². The van der Waals surface area contributed by atoms with Gasteiger partial charge in [0.05, 0.1) is 34.7 Å². The Morgan fingerprint density at radius 2 is 1.86 bits per heavy atom. The van der Waals surface area contributed by atoms with Crippen LogP contribution in [0.15, 0.2) is 36.4 Å². The average molecular weight is 445 g/mol. The summed E-state index contributed by atoms with van der Waals surface area (Å²) in [5.41, 5.74) is 1.39. The number of anilines is 2. The van der Waals surface area contributed by atoms with Crippen molar-refractivity contribution in [3.05, 3.63) is 57.6 Å². The van der Waals surface area contributed by atoms with Crippen LogP contribution < -0.4 is 9.62 Å². The first-order valence-electron chi connectivity index (χ1n) is 7.95. The van der Waals surface area contributed by atoms with Crippen LogP contribution in [0.5, 0.6) is 0 Å². The Bertz CT molecular complexity index is 1020. The standard InChI is InChI=1S/C18H18Cl2N2O5S/c1-11-7-8-12(18(24)27-2)9-14(11)21-16(23)10-22(28(3,25)26)15-6-4-5-13(19)17(15)20/h4-9H,10H2,1-3H3,(H,21,23). The molecule has 0 saturated carbocycles. The number of nitrogens with one attached hydrogen (secondary N) is 1. The first-order chi connectivity index (χ1) is 13.0. The van der Waals surface area contributed by atoms with Crippen LogP contribution in [-0.4, -0.2) is 40.2 Å². The molecule has 0 aliphatic carbocycles. The van der Waals surface area contributed by atoms with Crippen LogP contribution >= 0.6 is 23.2 Å². The van der Waals surface area contributed by atoms with E-state index in [9.17, 15) is 18.0 Å². The molecule has 10 heteroatoms. The summed E-state index contributed by atoms with van der Waals surface area (Å²) in [5.74, 6) is -1.18. The van der Waals surface area contributed by atoms with Crippen molar-refractivity contribution in [1.29, 1.82) is 0 Å². The number of ether oxygens (including phenoxy) is 1. The highest BCUT2D eigenvalue weighted by molar-refractivity contribution is 7.92. The molecule has 0 fully saturated rings. The fraction of sp³-hybridized carbons (Fsp3) is 0.222. The Morgan fingerprint density at radius 1 is 1.18 bits per heavy atom. The fourth-order valence-corrected chi connectivity index (χ4v) is 3.70. The Morgan fingerprint density at radius 3 is 2.46 bits per heavy atom. The molecule has 0 saturated heterocycles. The third-order valence-corrected chi connectivity index (χ3v) is 5.76. The van der Waals surface area contributed by atoms with Gasteiger partial charge in [0.15, 0.2) is 0 Å². The monoisotopic (exact) mass is 444 g/mol. The lowest BCUT2D eigenvalue weighted by atomic mass is 10.1. The Kier molecular flexibility index (Phi) is 6.92. The number of aryl methyl sites for hydroxylation is 1. The molecule has 28 heavy (non-hydrogen) atoms. The molecule has 1 N–H and O–H groups in total. The maximum atomic E-state index is 12.5. The molecule has 0 aliphatic rings. The molecule has 0 aliphatic heterocycles. The molecule has 0 atom stereocenters. The molecule has 0 unspecified atom stereocenters. The third-order valence-electron chi connectivity index (χ3n) is 3.82. The number of hydrogen-bond donors (Lipinski definition) is 1. The number of rotatable bonds is 6. The number of esters is 1. The highest BCUT2D eigenvalue weighted by Gasteiger charge is 2.24. The Balaban J connectivity index is 2.31. The summed E-state index contributed by atoms with van der Waals surface area (Å²) in [6.45, 7) is 1.21. The number of benzene rings is 2. The number of halogens is 2. The minimum Gasteiger partial charge on any atom is -0.465 e. The second-order valence-electron chi connectivity index (χ2n) is 5.91. The van der Waals surface area contributed by atoms with Crippen LogP contribution in [0.3, 0.4) is 0 Å². The van der Waals surface area contributed by atoms with Gasteiger partial charge in [0.2, 0.25) is 15.9 Å². The van der Waals surface area contributed by atoms with Gasteiger partial charge in [-0.25, -0.2) is 13.2 Å². The molecule has 2 aromatic rings. The van der Waals surface area contributed by atoms with Gasteiger partial charge in [0, 0.05) is 5.69 Å². The molecule has 0 radical (unpaired) electrons. The maximum Gasteiger partial charge on any atom is 0.337 e. The number of sulfonamides is 1. The third kappa shape index (κ3) is 5.15. The van der Waals surface area contributed by atoms with Crippen molar-refractivity contribution in [3.63, 3.8) is 0 Å². The SMILES string of the molecule is COC(=O)c1ccc(C)c(NC(=O)CN(c2cccc(Cl)c2Cl)S(C)(=O)=O)c1. The average Bonchev–Trinajstić information content (AvgIpc) is 2.62. The number of hydrogen-bond acceptors (Lipinski definition) is 5. The van der Waals surface area contributed by atoms with Crippen molar-refractivity contribution in [3.8, 4) is 0 Å². The van der Waals surface area contributed by atoms with Crippen molar-refractivity contribution in [2.45, 2.75) is 6.92 Å². The van der Waals surface area contributed by atoms with Crippen LogP contribution in [0.4, 0.5) is 11.4 Å². The second kappa shape index (κ2) is 8.81. The van der Waals surface area contributed by atoms with E-state index in [2.05, 4.69) is 10.1 Å². The zero-order chi connectivity index (χ0) is 21.1. The first kappa shape index (κ1) is 22.0. The molecule has 1 amide bonds. The molecule has 2 aromatic carbocycles. The van der Waals surface area contributed by atoms with E-state index in [0.29, 0.717) is 11.3 Å². The van der Waals surface area contributed by atoms with Crippen LogP contribution in [0.1, 0.15) is 15.9 Å². The van der Waals surface area contributed by atoms with E-state index in [1.165, 1.54) is 31.4 Å². The van der Waals surface area contributed by atoms with Crippen molar-refractivity contribution < 1.29 is 22.7 Å². The number of nitrogens with zero attached hydrogens (tertiary/aromatic N) is 1. The van der Waals surface area contributed by atoms with E-state index in [0.717, 1.165) is 10.6 Å². The zero-order valence-electron chi connectivity index (χ0n) is 15.3. The molecule has 150 valence electrons. The van der Waals surface area contributed by atoms with Crippen LogP contribution in [-0.2, 0) is 19.6 Å². The van der Waals surface area contributed by atoms with Crippen molar-refractivity contribution in [2.75, 3.05) is 29.5 Å². The van der Waals surface area contributed by atoms with Gasteiger partial charge in [0.1, 0.15) is 6.54 Å². The minimum atomic E-state index is -3.82. The summed E-state index contributed by atoms with van der Waals surface area (Å²) in [5, 5.41) is 2.79. The minimum absolute atomic E-state index is 0.0197. The van der Waals surface area contributed by atoms with E-state index in [1.807, 2.05) is 0 Å². The second-order valence-corrected chi connectivity index (χ2v) is 8.60. The van der Waals surface area contributed by atoms with Gasteiger partial charge in [0.25, 0.3) is 0 Å². The maximum absolute atomic E-state index is 12.5. The lowest BCUT2D eigenvalue weighted by Crippen LogP contribution is -2.37. The van der Waals surface area contributed by atoms with Gasteiger partial charge in [-0.2, -0.15) is 0 Å². The highest BCUT2D eigenvalue weighted by atomic mass is 35.5. The van der Waals surface area contributed by atoms with Gasteiger partial charge >= 0.3 is 5.97 Å². The van der Waals surface area contributed by atoms with E-state index < -0.39 is 28.4 Å². The summed E-state index contributed by atoms with van der Waals surface area (Å²) in [6, 6.07) is 9.15. The normalized spacial score (nSPS) is 11.0. The summed E-state index contributed by atoms with van der Waals surface area (Å²) >= 11 is 12.1. The molecule has 0 heterocycles. The van der Waals surface area contributed by atoms with Gasteiger partial charge in [-0.1, -0.05) is 35.3 Å². The lowest BCUT2D eigenvalue weighted by molar-refractivity contribution is -0.114. The van der Waals surface area contributed by atoms with E-state index in [-0.39, 0.29) is 21.3 Å². The summed E-state index contributed by atoms with van der Waals surface area (Å²) < 4.78 is 29.9. The summed E-state index contributed by atoms with van der Waals surface area (Å²) in [7, 11) is -2.58. The molecule has 0 aromatic heterocycles. The number of carbonyl (C=O) groups is 2. The molecule has 0 spiro atoms. The summed E-state index contributed by atoms with van der Waals surface area (Å²) in [4.78, 5) is 24.2. The van der Waals surface area contributed by atoms with Gasteiger partial charge < -0.3 is 10.1 Å². The molecular weight excluding hydrogens is 427 g/mol. The fourth-order valence-electron chi connectivity index (χ4n) is 2.39. The number of amides is 1. The van der Waals surface area contributed by atoms with E-state index >= 15 is 0 Å². The van der Waals surface area contributed by atoms with Crippen LogP contribution in [0.2, 0.25) is 10.0 Å². The van der Waals surface area contributed by atoms with Crippen molar-refractivity contribution in [2.24, 2.45) is 0 Å². The predicted octanol–water partition coefficient (Wildman–Crippen LogP) is 3.49. The highest BCUT2D eigenvalue weighted by Crippen LogP contribution is 2.33. The Hall–Kier alpha value is -2.29. The molecule has 0 bridgehead atoms. The topological polar surface area (TPSA) is 92.8 Å². The van der Waals surface area contributed by atoms with Gasteiger partial charge in [-0.15, -0.1) is 0 Å². The van der Waals surface area contributed by atoms with Crippen molar-refractivity contribution >= 4 is 56.5 Å². The van der Waals surface area contributed by atoms with Crippen LogP contribution in [0.25, 0.3) is 0 Å².